The van der Waals surface area contributed by atoms with Crippen LogP contribution in [0.5, 0.6) is 0 Å². The quantitative estimate of drug-likeness (QED) is 0.712. The van der Waals surface area contributed by atoms with E-state index >= 15 is 0 Å². The van der Waals surface area contributed by atoms with Crippen molar-refractivity contribution in [2.24, 2.45) is 0 Å². The third-order valence-electron chi connectivity index (χ3n) is 5.56. The molecule has 0 unspecified atom stereocenters. The Morgan fingerprint density at radius 3 is 2.57 bits per heavy atom. The first kappa shape index (κ1) is 20.8. The average molecular weight is 400 g/mol. The van der Waals surface area contributed by atoms with E-state index in [0.717, 1.165) is 30.3 Å². The van der Waals surface area contributed by atoms with Crippen LogP contribution in [0.2, 0.25) is 0 Å². The summed E-state index contributed by atoms with van der Waals surface area (Å²) in [6, 6.07) is 9.10. The molecular weight excluding hydrogens is 366 g/mol. The molecule has 0 aliphatic carbocycles. The van der Waals surface area contributed by atoms with Crippen LogP contribution in [0, 0.1) is 13.8 Å². The Kier molecular flexibility index (Phi) is 6.40. The van der Waals surface area contributed by atoms with Crippen molar-refractivity contribution in [3.63, 3.8) is 0 Å². The molecule has 2 aromatic rings. The fourth-order valence-electron chi connectivity index (χ4n) is 4.44. The number of thiocarbonyl (C=S) groups is 1. The molecule has 0 saturated carbocycles. The molecule has 6 heteroatoms. The molecule has 0 bridgehead atoms. The lowest BCUT2D eigenvalue weighted by molar-refractivity contribution is 0.292. The highest BCUT2D eigenvalue weighted by atomic mass is 32.1. The van der Waals surface area contributed by atoms with E-state index in [9.17, 15) is 0 Å². The number of rotatable bonds is 7. The largest absolute Gasteiger partial charge is 0.352 e. The molecule has 5 nitrogen and oxygen atoms in total. The van der Waals surface area contributed by atoms with Gasteiger partial charge in [0.1, 0.15) is 0 Å². The number of aryl methyl sites for hydroxylation is 1. The molecule has 2 aromatic heterocycles. The van der Waals surface area contributed by atoms with Gasteiger partial charge >= 0.3 is 0 Å². The lowest BCUT2D eigenvalue weighted by Crippen LogP contribution is -2.32. The molecule has 1 aliphatic heterocycles. The van der Waals surface area contributed by atoms with E-state index < -0.39 is 0 Å². The van der Waals surface area contributed by atoms with Crippen LogP contribution < -0.4 is 5.32 Å². The number of nitrogens with zero attached hydrogens (tertiary/aromatic N) is 4. The summed E-state index contributed by atoms with van der Waals surface area (Å²) in [6.45, 7) is 10.9. The number of nitrogens with one attached hydrogen (secondary N) is 1. The standard InChI is InChI=1S/C22H33N5S/c1-15(2)27-16(3)14-18(17(27)4)21-20(19-10-7-8-11-23-19)24-22(28)26(21)13-9-12-25(5)6/h7-8,10-11,14-15,20-21H,9,12-13H2,1-6H3,(H,24,28)/t20-,21+/m0/s1. The van der Waals surface area contributed by atoms with Crippen molar-refractivity contribution >= 4 is 17.3 Å². The Hall–Kier alpha value is -1.92. The van der Waals surface area contributed by atoms with Gasteiger partial charge in [-0.1, -0.05) is 6.07 Å². The molecule has 0 radical (unpaired) electrons. The molecule has 3 heterocycles. The van der Waals surface area contributed by atoms with Crippen LogP contribution >= 0.6 is 12.2 Å². The Labute approximate surface area is 174 Å². The maximum Gasteiger partial charge on any atom is 0.170 e. The smallest absolute Gasteiger partial charge is 0.170 e. The van der Waals surface area contributed by atoms with Gasteiger partial charge in [-0.2, -0.15) is 0 Å². The zero-order chi connectivity index (χ0) is 20.4. The number of hydrogen-bond donors (Lipinski definition) is 1. The average Bonchev–Trinajstić information content (AvgIpc) is 3.11. The van der Waals surface area contributed by atoms with Gasteiger partial charge in [-0.05, 0) is 90.7 Å². The molecule has 2 atom stereocenters. The van der Waals surface area contributed by atoms with Crippen LogP contribution in [-0.4, -0.2) is 51.6 Å². The fraction of sp³-hybridized carbons (Fsp3) is 0.545. The van der Waals surface area contributed by atoms with E-state index in [4.69, 9.17) is 12.2 Å². The fourth-order valence-corrected chi connectivity index (χ4v) is 4.77. The predicted molar refractivity (Wildman–Crippen MR) is 120 cm³/mol. The van der Waals surface area contributed by atoms with Gasteiger partial charge in [0, 0.05) is 30.2 Å². The van der Waals surface area contributed by atoms with E-state index in [1.807, 2.05) is 12.3 Å². The van der Waals surface area contributed by atoms with Gasteiger partial charge in [-0.25, -0.2) is 0 Å². The summed E-state index contributed by atoms with van der Waals surface area (Å²) in [4.78, 5) is 9.23. The van der Waals surface area contributed by atoms with Gasteiger partial charge in [-0.3, -0.25) is 4.98 Å². The van der Waals surface area contributed by atoms with Crippen molar-refractivity contribution in [1.82, 2.24) is 24.7 Å². The van der Waals surface area contributed by atoms with Gasteiger partial charge in [-0.15, -0.1) is 0 Å². The first-order valence-electron chi connectivity index (χ1n) is 10.1. The minimum absolute atomic E-state index is 0.0640. The molecule has 1 fully saturated rings. The predicted octanol–water partition coefficient (Wildman–Crippen LogP) is 4.01. The van der Waals surface area contributed by atoms with Crippen molar-refractivity contribution in [3.05, 3.63) is 53.1 Å². The van der Waals surface area contributed by atoms with E-state index in [1.165, 1.54) is 17.0 Å². The van der Waals surface area contributed by atoms with Gasteiger partial charge in [0.15, 0.2) is 5.11 Å². The topological polar surface area (TPSA) is 36.3 Å². The summed E-state index contributed by atoms with van der Waals surface area (Å²) >= 11 is 5.77. The summed E-state index contributed by atoms with van der Waals surface area (Å²) in [5.41, 5.74) is 5.01. The number of pyridine rings is 1. The Bertz CT molecular complexity index is 812. The second kappa shape index (κ2) is 8.62. The van der Waals surface area contributed by atoms with Crippen LogP contribution in [0.15, 0.2) is 30.5 Å². The first-order chi connectivity index (χ1) is 13.3. The van der Waals surface area contributed by atoms with Gasteiger partial charge in [0.05, 0.1) is 17.8 Å². The lowest BCUT2D eigenvalue weighted by atomic mass is 9.96. The zero-order valence-electron chi connectivity index (χ0n) is 17.9. The monoisotopic (exact) mass is 399 g/mol. The zero-order valence-corrected chi connectivity index (χ0v) is 18.8. The molecule has 0 amide bonds. The van der Waals surface area contributed by atoms with E-state index in [2.05, 4.69) is 84.7 Å². The molecule has 1 N–H and O–H groups in total. The van der Waals surface area contributed by atoms with Crippen LogP contribution in [0.4, 0.5) is 0 Å². The lowest BCUT2D eigenvalue weighted by Gasteiger charge is -2.28. The van der Waals surface area contributed by atoms with Crippen molar-refractivity contribution in [1.29, 1.82) is 0 Å². The van der Waals surface area contributed by atoms with Crippen LogP contribution in [0.25, 0.3) is 0 Å². The van der Waals surface area contributed by atoms with Crippen molar-refractivity contribution in [3.8, 4) is 0 Å². The summed E-state index contributed by atoms with van der Waals surface area (Å²) < 4.78 is 2.42. The van der Waals surface area contributed by atoms with Crippen molar-refractivity contribution < 1.29 is 0 Å². The normalized spacial score (nSPS) is 19.7. The first-order valence-corrected chi connectivity index (χ1v) is 10.5. The SMILES string of the molecule is Cc1cc([C@@H]2[C@H](c3ccccn3)NC(=S)N2CCCN(C)C)c(C)n1C(C)C. The van der Waals surface area contributed by atoms with Crippen LogP contribution in [0.3, 0.4) is 0 Å². The summed E-state index contributed by atoms with van der Waals surface area (Å²) in [7, 11) is 4.23. The van der Waals surface area contributed by atoms with E-state index in [-0.39, 0.29) is 12.1 Å². The third kappa shape index (κ3) is 4.08. The maximum atomic E-state index is 5.77. The van der Waals surface area contributed by atoms with E-state index in [1.54, 1.807) is 0 Å². The minimum atomic E-state index is 0.0640. The molecule has 1 aliphatic rings. The van der Waals surface area contributed by atoms with Gasteiger partial charge in [0.25, 0.3) is 0 Å². The van der Waals surface area contributed by atoms with E-state index in [0.29, 0.717) is 6.04 Å². The number of hydrogen-bond acceptors (Lipinski definition) is 3. The summed E-state index contributed by atoms with van der Waals surface area (Å²) in [5.74, 6) is 0. The van der Waals surface area contributed by atoms with Crippen LogP contribution in [0.1, 0.15) is 61.0 Å². The Balaban J connectivity index is 2.01. The highest BCUT2D eigenvalue weighted by Gasteiger charge is 2.41. The molecule has 152 valence electrons. The van der Waals surface area contributed by atoms with Crippen molar-refractivity contribution in [2.45, 2.75) is 52.2 Å². The number of aromatic nitrogens is 2. The second-order valence-corrected chi connectivity index (χ2v) is 8.65. The molecule has 3 rings (SSSR count). The highest BCUT2D eigenvalue weighted by molar-refractivity contribution is 7.80. The maximum absolute atomic E-state index is 5.77. The summed E-state index contributed by atoms with van der Waals surface area (Å²) in [6.07, 6.45) is 2.94. The molecular formula is C22H33N5S. The Morgan fingerprint density at radius 1 is 1.25 bits per heavy atom. The molecule has 0 aromatic carbocycles. The second-order valence-electron chi connectivity index (χ2n) is 8.27. The van der Waals surface area contributed by atoms with Crippen molar-refractivity contribution in [2.75, 3.05) is 27.2 Å². The molecule has 0 spiro atoms. The molecule has 28 heavy (non-hydrogen) atoms. The Morgan fingerprint density at radius 2 is 2.00 bits per heavy atom. The third-order valence-corrected chi connectivity index (χ3v) is 5.91. The highest BCUT2D eigenvalue weighted by Crippen LogP contribution is 2.41. The van der Waals surface area contributed by atoms with Crippen LogP contribution in [-0.2, 0) is 0 Å². The minimum Gasteiger partial charge on any atom is -0.352 e. The van der Waals surface area contributed by atoms with Gasteiger partial charge < -0.3 is 19.7 Å². The summed E-state index contributed by atoms with van der Waals surface area (Å²) in [5, 5.41) is 4.39. The molecule has 1 saturated heterocycles. The van der Waals surface area contributed by atoms with Gasteiger partial charge in [0.2, 0.25) is 0 Å².